The van der Waals surface area contributed by atoms with Gasteiger partial charge in [-0.05, 0) is 73.3 Å². The molecule has 6 nitrogen and oxygen atoms in total. The molecule has 0 fully saturated rings. The Balaban J connectivity index is 4.83. The van der Waals surface area contributed by atoms with Crippen molar-refractivity contribution in [2.75, 3.05) is 6.16 Å². The number of rotatable bonds is 8. The molecule has 2 unspecified atom stereocenters. The summed E-state index contributed by atoms with van der Waals surface area (Å²) in [5.41, 5.74) is -1.70. The van der Waals surface area contributed by atoms with E-state index in [2.05, 4.69) is 0 Å². The quantitative estimate of drug-likeness (QED) is 0.427. The van der Waals surface area contributed by atoms with Gasteiger partial charge in [0.2, 0.25) is 0 Å². The maximum absolute atomic E-state index is 12.4. The number of hydrogen-bond donors (Lipinski definition) is 0. The van der Waals surface area contributed by atoms with E-state index in [9.17, 15) is 14.2 Å². The standard InChI is InChI=1S/C19H36O6P/c1-17(2,3)23-15(20)11-10-14(16(21)24-18(4,5)6)12-13-26(22)25-19(7,8)9/h14H,10-13H2,1-9H3/q+1. The van der Waals surface area contributed by atoms with E-state index in [0.717, 1.165) is 0 Å². The van der Waals surface area contributed by atoms with E-state index in [-0.39, 0.29) is 24.5 Å². The van der Waals surface area contributed by atoms with Crippen molar-refractivity contribution >= 4 is 20.0 Å². The monoisotopic (exact) mass is 391 g/mol. The Morgan fingerprint density at radius 1 is 0.808 bits per heavy atom. The molecule has 26 heavy (non-hydrogen) atoms. The summed E-state index contributed by atoms with van der Waals surface area (Å²) >= 11 is 0. The largest absolute Gasteiger partial charge is 0.508 e. The Morgan fingerprint density at radius 3 is 1.73 bits per heavy atom. The summed E-state index contributed by atoms with van der Waals surface area (Å²) in [6, 6.07) is 0. The summed E-state index contributed by atoms with van der Waals surface area (Å²) < 4.78 is 28.2. The number of hydrogen-bond acceptors (Lipinski definition) is 6. The lowest BCUT2D eigenvalue weighted by Crippen LogP contribution is -2.30. The van der Waals surface area contributed by atoms with Crippen LogP contribution in [0.25, 0.3) is 0 Å². The molecule has 0 aromatic heterocycles. The van der Waals surface area contributed by atoms with Crippen LogP contribution in [-0.4, -0.2) is 34.9 Å². The predicted octanol–water partition coefficient (Wildman–Crippen LogP) is 5.01. The average molecular weight is 391 g/mol. The zero-order chi connectivity index (χ0) is 20.8. The molecule has 152 valence electrons. The van der Waals surface area contributed by atoms with Crippen LogP contribution in [-0.2, 0) is 28.2 Å². The van der Waals surface area contributed by atoms with Crippen LogP contribution in [0.15, 0.2) is 0 Å². The van der Waals surface area contributed by atoms with Gasteiger partial charge in [-0.2, -0.15) is 0 Å². The lowest BCUT2D eigenvalue weighted by Gasteiger charge is -2.24. The molecular weight excluding hydrogens is 355 g/mol. The van der Waals surface area contributed by atoms with Gasteiger partial charge in [0.15, 0.2) is 6.16 Å². The summed E-state index contributed by atoms with van der Waals surface area (Å²) in [5.74, 6) is -1.27. The fourth-order valence-electron chi connectivity index (χ4n) is 2.06. The van der Waals surface area contributed by atoms with Crippen LogP contribution in [0.4, 0.5) is 0 Å². The van der Waals surface area contributed by atoms with Gasteiger partial charge in [-0.3, -0.25) is 9.59 Å². The van der Waals surface area contributed by atoms with Gasteiger partial charge in [0.05, 0.1) is 5.92 Å². The normalized spacial score (nSPS) is 14.6. The van der Waals surface area contributed by atoms with Gasteiger partial charge < -0.3 is 9.47 Å². The molecule has 0 rings (SSSR count). The Kier molecular flexibility index (Phi) is 9.42. The molecule has 0 N–H and O–H groups in total. The highest BCUT2D eigenvalue weighted by Crippen LogP contribution is 2.33. The molecule has 0 saturated carbocycles. The summed E-state index contributed by atoms with van der Waals surface area (Å²) in [5, 5.41) is 0. The van der Waals surface area contributed by atoms with Gasteiger partial charge in [-0.1, -0.05) is 0 Å². The number of ether oxygens (including phenoxy) is 2. The zero-order valence-corrected chi connectivity index (χ0v) is 18.7. The van der Waals surface area contributed by atoms with E-state index in [1.165, 1.54) is 0 Å². The molecule has 7 heteroatoms. The van der Waals surface area contributed by atoms with Crippen molar-refractivity contribution in [1.82, 2.24) is 0 Å². The number of carbonyl (C=O) groups is 2. The van der Waals surface area contributed by atoms with Crippen molar-refractivity contribution in [2.45, 2.75) is 98.4 Å². The molecule has 0 aliphatic carbocycles. The van der Waals surface area contributed by atoms with Crippen LogP contribution in [0.1, 0.15) is 81.6 Å². The zero-order valence-electron chi connectivity index (χ0n) is 17.8. The maximum Gasteiger partial charge on any atom is 0.508 e. The van der Waals surface area contributed by atoms with Crippen LogP contribution in [0.5, 0.6) is 0 Å². The fourth-order valence-corrected chi connectivity index (χ4v) is 3.29. The molecule has 2 atom stereocenters. The van der Waals surface area contributed by atoms with Crippen LogP contribution >= 0.6 is 8.03 Å². The summed E-state index contributed by atoms with van der Waals surface area (Å²) in [6.45, 7) is 16.2. The maximum atomic E-state index is 12.4. The number of esters is 2. The second-order valence-corrected chi connectivity index (χ2v) is 10.7. The lowest BCUT2D eigenvalue weighted by molar-refractivity contribution is -0.161. The third-order valence-electron chi connectivity index (χ3n) is 2.89. The van der Waals surface area contributed by atoms with Crippen LogP contribution < -0.4 is 0 Å². The highest BCUT2D eigenvalue weighted by atomic mass is 31.1. The van der Waals surface area contributed by atoms with E-state index >= 15 is 0 Å². The van der Waals surface area contributed by atoms with Gasteiger partial charge in [0, 0.05) is 12.8 Å². The summed E-state index contributed by atoms with van der Waals surface area (Å²) in [7, 11) is -1.88. The minimum Gasteiger partial charge on any atom is -0.460 e. The third-order valence-corrected chi connectivity index (χ3v) is 4.27. The molecule has 0 aromatic rings. The van der Waals surface area contributed by atoms with Crippen molar-refractivity contribution < 1.29 is 28.2 Å². The fraction of sp³-hybridized carbons (Fsp3) is 0.895. The van der Waals surface area contributed by atoms with E-state index in [0.29, 0.717) is 12.8 Å². The van der Waals surface area contributed by atoms with E-state index in [1.54, 1.807) is 41.5 Å². The highest BCUT2D eigenvalue weighted by Gasteiger charge is 2.32. The molecule has 0 aliphatic heterocycles. The first-order valence-corrected chi connectivity index (χ1v) is 10.4. The molecule has 0 saturated heterocycles. The topological polar surface area (TPSA) is 78.9 Å². The third kappa shape index (κ3) is 14.2. The van der Waals surface area contributed by atoms with Crippen LogP contribution in [0, 0.1) is 5.92 Å². The van der Waals surface area contributed by atoms with E-state index in [4.69, 9.17) is 14.0 Å². The first kappa shape index (κ1) is 25.0. The Hall–Kier alpha value is -1.00. The molecule has 0 bridgehead atoms. The average Bonchev–Trinajstić information content (AvgIpc) is 2.31. The Bertz CT molecular complexity index is 462. The smallest absolute Gasteiger partial charge is 0.460 e. The van der Waals surface area contributed by atoms with Crippen LogP contribution in [0.2, 0.25) is 0 Å². The predicted molar refractivity (Wildman–Crippen MR) is 102 cm³/mol. The van der Waals surface area contributed by atoms with E-state index in [1.807, 2.05) is 20.8 Å². The Morgan fingerprint density at radius 2 is 1.31 bits per heavy atom. The molecule has 0 aliphatic rings. The van der Waals surface area contributed by atoms with Crippen molar-refractivity contribution in [3.63, 3.8) is 0 Å². The summed E-state index contributed by atoms with van der Waals surface area (Å²) in [6.07, 6.45) is 0.981. The van der Waals surface area contributed by atoms with Crippen molar-refractivity contribution in [1.29, 1.82) is 0 Å². The highest BCUT2D eigenvalue weighted by molar-refractivity contribution is 7.39. The first-order chi connectivity index (χ1) is 11.5. The van der Waals surface area contributed by atoms with Crippen molar-refractivity contribution in [3.05, 3.63) is 0 Å². The SMILES string of the molecule is CC(C)(C)OC(=O)CCC(CC[P+](=O)OC(C)(C)C)C(=O)OC(C)(C)C. The first-order valence-electron chi connectivity index (χ1n) is 9.07. The second-order valence-electron chi connectivity index (χ2n) is 9.40. The molecule has 0 amide bonds. The second kappa shape index (κ2) is 9.80. The van der Waals surface area contributed by atoms with Gasteiger partial charge in [0.1, 0.15) is 16.8 Å². The van der Waals surface area contributed by atoms with Gasteiger partial charge in [0.25, 0.3) is 0 Å². The molecule has 0 radical (unpaired) electrons. The van der Waals surface area contributed by atoms with Gasteiger partial charge in [-0.25, -0.2) is 0 Å². The van der Waals surface area contributed by atoms with Crippen molar-refractivity contribution in [2.24, 2.45) is 5.92 Å². The summed E-state index contributed by atoms with van der Waals surface area (Å²) in [4.78, 5) is 24.4. The minimum atomic E-state index is -1.88. The van der Waals surface area contributed by atoms with Crippen molar-refractivity contribution in [3.8, 4) is 0 Å². The molecule has 0 aromatic carbocycles. The van der Waals surface area contributed by atoms with Crippen LogP contribution in [0.3, 0.4) is 0 Å². The lowest BCUT2D eigenvalue weighted by atomic mass is 10.00. The number of carbonyl (C=O) groups excluding carboxylic acids is 2. The van der Waals surface area contributed by atoms with Gasteiger partial charge >= 0.3 is 20.0 Å². The minimum absolute atomic E-state index is 0.109. The van der Waals surface area contributed by atoms with Gasteiger partial charge in [-0.15, -0.1) is 4.52 Å². The Labute approximate surface area is 159 Å². The molecule has 0 heterocycles. The molecule has 0 spiro atoms. The van der Waals surface area contributed by atoms with E-state index < -0.39 is 30.7 Å². The molecular formula is C19H36O6P+.